The van der Waals surface area contributed by atoms with Crippen molar-refractivity contribution in [3.63, 3.8) is 0 Å². The van der Waals surface area contributed by atoms with E-state index in [0.717, 1.165) is 26.3 Å². The van der Waals surface area contributed by atoms with Crippen molar-refractivity contribution in [3.05, 3.63) is 35.4 Å². The highest BCUT2D eigenvalue weighted by Gasteiger charge is 2.22. The van der Waals surface area contributed by atoms with Gasteiger partial charge in [0.15, 0.2) is 5.96 Å². The number of rotatable bonds is 4. The van der Waals surface area contributed by atoms with Crippen LogP contribution in [0.1, 0.15) is 17.2 Å². The summed E-state index contributed by atoms with van der Waals surface area (Å²) in [6.45, 7) is 6.04. The van der Waals surface area contributed by atoms with Gasteiger partial charge in [-0.1, -0.05) is 29.8 Å². The van der Waals surface area contributed by atoms with Crippen LogP contribution in [-0.4, -0.2) is 43.7 Å². The van der Waals surface area contributed by atoms with E-state index in [-0.39, 0.29) is 12.0 Å². The van der Waals surface area contributed by atoms with Gasteiger partial charge in [-0.3, -0.25) is 9.89 Å². The van der Waals surface area contributed by atoms with Crippen LogP contribution in [0.3, 0.4) is 0 Å². The normalized spacial score (nSPS) is 17.9. The number of aliphatic imine (C=N–C) groups is 1. The molecule has 5 heteroatoms. The van der Waals surface area contributed by atoms with Gasteiger partial charge in [-0.05, 0) is 12.5 Å². The van der Waals surface area contributed by atoms with Crippen LogP contribution in [-0.2, 0) is 4.74 Å². The Balaban J connectivity index is 2.17. The van der Waals surface area contributed by atoms with Crippen molar-refractivity contribution < 1.29 is 4.74 Å². The molecule has 1 saturated heterocycles. The standard InChI is InChI=1S/C14H22N4O/c1-11-2-4-12(5-3-11)13(10-17-14(15)16)18-6-8-19-9-7-18/h2-5,13H,6-10H2,1H3,(H4,15,16,17). The molecule has 1 aromatic rings. The second kappa shape index (κ2) is 6.54. The van der Waals surface area contributed by atoms with Crippen LogP contribution in [0.4, 0.5) is 0 Å². The summed E-state index contributed by atoms with van der Waals surface area (Å²) in [6, 6.07) is 8.76. The number of nitrogens with two attached hydrogens (primary N) is 2. The Labute approximate surface area is 114 Å². The summed E-state index contributed by atoms with van der Waals surface area (Å²) in [6.07, 6.45) is 0. The van der Waals surface area contributed by atoms with Gasteiger partial charge in [-0.2, -0.15) is 0 Å². The number of morpholine rings is 1. The van der Waals surface area contributed by atoms with Gasteiger partial charge in [0, 0.05) is 13.1 Å². The minimum absolute atomic E-state index is 0.144. The molecule has 1 aliphatic rings. The molecule has 1 aromatic carbocycles. The molecule has 5 nitrogen and oxygen atoms in total. The Kier molecular flexibility index (Phi) is 4.76. The molecule has 2 rings (SSSR count). The largest absolute Gasteiger partial charge is 0.379 e. The van der Waals surface area contributed by atoms with Gasteiger partial charge >= 0.3 is 0 Å². The highest BCUT2D eigenvalue weighted by molar-refractivity contribution is 5.75. The van der Waals surface area contributed by atoms with Gasteiger partial charge in [0.1, 0.15) is 0 Å². The molecule has 1 fully saturated rings. The molecule has 19 heavy (non-hydrogen) atoms. The summed E-state index contributed by atoms with van der Waals surface area (Å²) < 4.78 is 5.40. The summed E-state index contributed by atoms with van der Waals surface area (Å²) in [7, 11) is 0. The van der Waals surface area contributed by atoms with E-state index in [1.54, 1.807) is 0 Å². The zero-order valence-corrected chi connectivity index (χ0v) is 11.4. The van der Waals surface area contributed by atoms with E-state index in [9.17, 15) is 0 Å². The second-order valence-electron chi connectivity index (χ2n) is 4.84. The summed E-state index contributed by atoms with van der Waals surface area (Å²) in [5, 5.41) is 0. The highest BCUT2D eigenvalue weighted by atomic mass is 16.5. The van der Waals surface area contributed by atoms with Crippen molar-refractivity contribution in [1.82, 2.24) is 4.90 Å². The first kappa shape index (κ1) is 13.8. The lowest BCUT2D eigenvalue weighted by Crippen LogP contribution is -2.40. The molecule has 1 atom stereocenters. The molecule has 104 valence electrons. The van der Waals surface area contributed by atoms with Crippen molar-refractivity contribution in [2.45, 2.75) is 13.0 Å². The first-order valence-corrected chi connectivity index (χ1v) is 6.60. The van der Waals surface area contributed by atoms with Crippen molar-refractivity contribution in [2.75, 3.05) is 32.8 Å². The van der Waals surface area contributed by atoms with Gasteiger partial charge in [0.05, 0.1) is 25.8 Å². The van der Waals surface area contributed by atoms with Gasteiger partial charge in [-0.15, -0.1) is 0 Å². The molecule has 0 aromatic heterocycles. The lowest BCUT2D eigenvalue weighted by Gasteiger charge is -2.34. The monoisotopic (exact) mass is 262 g/mol. The average Bonchev–Trinajstić information content (AvgIpc) is 2.42. The van der Waals surface area contributed by atoms with Gasteiger partial charge in [0.2, 0.25) is 0 Å². The zero-order valence-electron chi connectivity index (χ0n) is 11.4. The van der Waals surface area contributed by atoms with Crippen LogP contribution in [0.15, 0.2) is 29.3 Å². The van der Waals surface area contributed by atoms with Crippen LogP contribution in [0, 0.1) is 6.92 Å². The third kappa shape index (κ3) is 3.94. The Morgan fingerprint density at radius 2 is 1.89 bits per heavy atom. The molecule has 0 amide bonds. The van der Waals surface area contributed by atoms with Gasteiger partial charge in [0.25, 0.3) is 0 Å². The Morgan fingerprint density at radius 1 is 1.26 bits per heavy atom. The smallest absolute Gasteiger partial charge is 0.185 e. The summed E-state index contributed by atoms with van der Waals surface area (Å²) >= 11 is 0. The maximum Gasteiger partial charge on any atom is 0.185 e. The molecular formula is C14H22N4O. The second-order valence-corrected chi connectivity index (χ2v) is 4.84. The molecule has 0 spiro atoms. The number of guanidine groups is 1. The average molecular weight is 262 g/mol. The molecule has 4 N–H and O–H groups in total. The predicted octanol–water partition coefficient (Wildman–Crippen LogP) is 0.642. The fourth-order valence-electron chi connectivity index (χ4n) is 2.30. The van der Waals surface area contributed by atoms with Gasteiger partial charge in [-0.25, -0.2) is 0 Å². The van der Waals surface area contributed by atoms with E-state index in [0.29, 0.717) is 6.54 Å². The van der Waals surface area contributed by atoms with Crippen LogP contribution in [0.2, 0.25) is 0 Å². The number of benzene rings is 1. The fourth-order valence-corrected chi connectivity index (χ4v) is 2.30. The first-order chi connectivity index (χ1) is 9.16. The van der Waals surface area contributed by atoms with Crippen molar-refractivity contribution >= 4 is 5.96 Å². The highest BCUT2D eigenvalue weighted by Crippen LogP contribution is 2.22. The molecule has 0 aliphatic carbocycles. The van der Waals surface area contributed by atoms with Crippen LogP contribution in [0.25, 0.3) is 0 Å². The molecule has 0 bridgehead atoms. The van der Waals surface area contributed by atoms with E-state index in [1.807, 2.05) is 0 Å². The Bertz CT molecular complexity index is 420. The fraction of sp³-hybridized carbons (Fsp3) is 0.500. The quantitative estimate of drug-likeness (QED) is 0.617. The van der Waals surface area contributed by atoms with E-state index in [2.05, 4.69) is 41.1 Å². The third-order valence-corrected chi connectivity index (χ3v) is 3.40. The third-order valence-electron chi connectivity index (χ3n) is 3.40. The van der Waals surface area contributed by atoms with E-state index in [1.165, 1.54) is 11.1 Å². The first-order valence-electron chi connectivity index (χ1n) is 6.60. The molecule has 0 radical (unpaired) electrons. The van der Waals surface area contributed by atoms with Crippen molar-refractivity contribution in [1.29, 1.82) is 0 Å². The number of nitrogens with zero attached hydrogens (tertiary/aromatic N) is 2. The van der Waals surface area contributed by atoms with Crippen molar-refractivity contribution in [3.8, 4) is 0 Å². The minimum Gasteiger partial charge on any atom is -0.379 e. The molecule has 1 heterocycles. The van der Waals surface area contributed by atoms with E-state index >= 15 is 0 Å². The molecular weight excluding hydrogens is 240 g/mol. The van der Waals surface area contributed by atoms with Crippen LogP contribution >= 0.6 is 0 Å². The number of hydrogen-bond donors (Lipinski definition) is 2. The predicted molar refractivity (Wildman–Crippen MR) is 77.0 cm³/mol. The van der Waals surface area contributed by atoms with Crippen molar-refractivity contribution in [2.24, 2.45) is 16.5 Å². The Hall–Kier alpha value is -1.59. The summed E-state index contributed by atoms with van der Waals surface area (Å²) in [5.41, 5.74) is 13.4. The van der Waals surface area contributed by atoms with Crippen LogP contribution < -0.4 is 11.5 Å². The maximum absolute atomic E-state index is 5.46. The SMILES string of the molecule is Cc1ccc(C(CN=C(N)N)N2CCOCC2)cc1. The topological polar surface area (TPSA) is 76.9 Å². The van der Waals surface area contributed by atoms with Crippen LogP contribution in [0.5, 0.6) is 0 Å². The Morgan fingerprint density at radius 3 is 2.47 bits per heavy atom. The number of ether oxygens (including phenoxy) is 1. The zero-order chi connectivity index (χ0) is 13.7. The van der Waals surface area contributed by atoms with E-state index < -0.39 is 0 Å². The molecule has 1 unspecified atom stereocenters. The number of aryl methyl sites for hydroxylation is 1. The molecule has 0 saturated carbocycles. The number of hydrogen-bond acceptors (Lipinski definition) is 3. The van der Waals surface area contributed by atoms with E-state index in [4.69, 9.17) is 16.2 Å². The maximum atomic E-state index is 5.46. The molecule has 1 aliphatic heterocycles. The lowest BCUT2D eigenvalue weighted by molar-refractivity contribution is 0.0180. The minimum atomic E-state index is 0.144. The summed E-state index contributed by atoms with van der Waals surface area (Å²) in [4.78, 5) is 6.56. The summed E-state index contributed by atoms with van der Waals surface area (Å²) in [5.74, 6) is 0.144. The van der Waals surface area contributed by atoms with Gasteiger partial charge < -0.3 is 16.2 Å². The lowest BCUT2D eigenvalue weighted by atomic mass is 10.0.